The van der Waals surface area contributed by atoms with Gasteiger partial charge >= 0.3 is 5.97 Å². The maximum atomic E-state index is 12.3. The second-order valence-corrected chi connectivity index (χ2v) is 5.37. The molecule has 0 aromatic heterocycles. The summed E-state index contributed by atoms with van der Waals surface area (Å²) in [5.41, 5.74) is 0.958. The van der Waals surface area contributed by atoms with E-state index in [1.807, 2.05) is 45.1 Å². The molecule has 6 heteroatoms. The maximum absolute atomic E-state index is 12.3. The Kier molecular flexibility index (Phi) is 7.82. The molecule has 0 radical (unpaired) electrons. The number of hydrogen-bond donors (Lipinski definition) is 1. The third-order valence-electron chi connectivity index (χ3n) is 3.65. The van der Waals surface area contributed by atoms with Crippen LogP contribution in [0.15, 0.2) is 24.3 Å². The lowest BCUT2D eigenvalue weighted by Gasteiger charge is -2.27. The topological polar surface area (TPSA) is 76.1 Å². The number of carbonyl (C=O) groups excluding carboxylic acids is 1. The number of allylic oxidation sites excluding steroid dienone is 1. The monoisotopic (exact) mass is 335 g/mol. The lowest BCUT2D eigenvalue weighted by Crippen LogP contribution is -2.44. The van der Waals surface area contributed by atoms with Crippen LogP contribution in [0.2, 0.25) is 0 Å². The molecule has 1 atom stereocenters. The van der Waals surface area contributed by atoms with E-state index in [0.717, 1.165) is 5.56 Å². The molecule has 1 N–H and O–H groups in total. The van der Waals surface area contributed by atoms with Gasteiger partial charge in [-0.2, -0.15) is 0 Å². The van der Waals surface area contributed by atoms with Crippen LogP contribution in [0.25, 0.3) is 6.08 Å². The van der Waals surface area contributed by atoms with Crippen LogP contribution < -0.4 is 9.47 Å². The average molecular weight is 335 g/mol. The first-order valence-corrected chi connectivity index (χ1v) is 7.87. The van der Waals surface area contributed by atoms with E-state index in [1.165, 1.54) is 12.0 Å². The summed E-state index contributed by atoms with van der Waals surface area (Å²) in [6.07, 6.45) is 4.50. The molecular weight excluding hydrogens is 310 g/mol. The molecule has 0 aliphatic carbocycles. The van der Waals surface area contributed by atoms with Gasteiger partial charge in [-0.15, -0.1) is 0 Å². The van der Waals surface area contributed by atoms with E-state index < -0.39 is 5.97 Å². The van der Waals surface area contributed by atoms with Crippen molar-refractivity contribution in [1.29, 1.82) is 0 Å². The zero-order valence-electron chi connectivity index (χ0n) is 14.6. The van der Waals surface area contributed by atoms with Crippen LogP contribution in [0.5, 0.6) is 11.5 Å². The van der Waals surface area contributed by atoms with Crippen LogP contribution in [0.4, 0.5) is 0 Å². The Bertz CT molecular complexity index is 597. The van der Waals surface area contributed by atoms with Gasteiger partial charge in [-0.25, -0.2) is 0 Å². The van der Waals surface area contributed by atoms with E-state index in [1.54, 1.807) is 6.07 Å². The first-order valence-electron chi connectivity index (χ1n) is 7.87. The average Bonchev–Trinajstić information content (AvgIpc) is 2.57. The fraction of sp³-hybridized carbons (Fsp3) is 0.444. The third-order valence-corrected chi connectivity index (χ3v) is 3.65. The highest BCUT2D eigenvalue weighted by Gasteiger charge is 2.22. The Hall–Kier alpha value is -2.50. The van der Waals surface area contributed by atoms with Gasteiger partial charge in [0.2, 0.25) is 0 Å². The summed E-state index contributed by atoms with van der Waals surface area (Å²) < 4.78 is 10.8. The van der Waals surface area contributed by atoms with Crippen molar-refractivity contribution in [1.82, 2.24) is 4.90 Å². The number of carboxylic acids is 1. The van der Waals surface area contributed by atoms with E-state index in [9.17, 15) is 9.59 Å². The fourth-order valence-corrected chi connectivity index (χ4v) is 2.18. The zero-order valence-corrected chi connectivity index (χ0v) is 14.6. The predicted octanol–water partition coefficient (Wildman–Crippen LogP) is 2.82. The third kappa shape index (κ3) is 5.61. The van der Waals surface area contributed by atoms with Crippen LogP contribution >= 0.6 is 0 Å². The first-order chi connectivity index (χ1) is 11.4. The lowest BCUT2D eigenvalue weighted by molar-refractivity contribution is -0.147. The van der Waals surface area contributed by atoms with Gasteiger partial charge in [0.1, 0.15) is 6.54 Å². The molecule has 0 aliphatic rings. The molecule has 1 rings (SSSR count). The second kappa shape index (κ2) is 9.60. The highest BCUT2D eigenvalue weighted by molar-refractivity contribution is 5.82. The molecular formula is C18H25NO5. The molecule has 0 heterocycles. The van der Waals surface area contributed by atoms with Crippen molar-refractivity contribution in [2.24, 2.45) is 0 Å². The van der Waals surface area contributed by atoms with E-state index in [2.05, 4.69) is 0 Å². The van der Waals surface area contributed by atoms with Crippen molar-refractivity contribution in [2.75, 3.05) is 20.3 Å². The zero-order chi connectivity index (χ0) is 18.1. The fourth-order valence-electron chi connectivity index (χ4n) is 2.18. The molecule has 1 amide bonds. The van der Waals surface area contributed by atoms with Crippen LogP contribution in [0.3, 0.4) is 0 Å². The van der Waals surface area contributed by atoms with Gasteiger partial charge in [0, 0.05) is 6.04 Å². The van der Waals surface area contributed by atoms with Crippen molar-refractivity contribution >= 4 is 18.0 Å². The maximum Gasteiger partial charge on any atom is 0.323 e. The summed E-state index contributed by atoms with van der Waals surface area (Å²) in [6, 6.07) is 5.22. The molecule has 0 fully saturated rings. The van der Waals surface area contributed by atoms with Crippen LogP contribution in [0, 0.1) is 0 Å². The van der Waals surface area contributed by atoms with Gasteiger partial charge < -0.3 is 19.5 Å². The van der Waals surface area contributed by atoms with Gasteiger partial charge in [-0.3, -0.25) is 9.59 Å². The SMILES string of the molecule is C/C=C/c1ccc(OCC(=O)N(CC(=O)O)C(C)CC)c(OC)c1. The van der Waals surface area contributed by atoms with Gasteiger partial charge in [-0.05, 0) is 38.0 Å². The summed E-state index contributed by atoms with van der Waals surface area (Å²) in [7, 11) is 1.53. The van der Waals surface area contributed by atoms with Gasteiger partial charge in [-0.1, -0.05) is 25.1 Å². The number of nitrogens with zero attached hydrogens (tertiary/aromatic N) is 1. The number of benzene rings is 1. The van der Waals surface area contributed by atoms with Crippen molar-refractivity contribution in [3.8, 4) is 11.5 Å². The number of rotatable bonds is 9. The first kappa shape index (κ1) is 19.5. The van der Waals surface area contributed by atoms with E-state index in [4.69, 9.17) is 14.6 Å². The second-order valence-electron chi connectivity index (χ2n) is 5.37. The highest BCUT2D eigenvalue weighted by atomic mass is 16.5. The lowest BCUT2D eigenvalue weighted by atomic mass is 10.2. The Balaban J connectivity index is 2.82. The molecule has 24 heavy (non-hydrogen) atoms. The highest BCUT2D eigenvalue weighted by Crippen LogP contribution is 2.28. The number of aliphatic carboxylic acids is 1. The minimum atomic E-state index is -1.04. The molecule has 1 aromatic rings. The minimum Gasteiger partial charge on any atom is -0.493 e. The summed E-state index contributed by atoms with van der Waals surface area (Å²) >= 11 is 0. The number of methoxy groups -OCH3 is 1. The summed E-state index contributed by atoms with van der Waals surface area (Å²) in [5.74, 6) is -0.450. The van der Waals surface area contributed by atoms with Gasteiger partial charge in [0.25, 0.3) is 5.91 Å². The van der Waals surface area contributed by atoms with Crippen LogP contribution in [-0.2, 0) is 9.59 Å². The van der Waals surface area contributed by atoms with E-state index in [-0.39, 0.29) is 25.1 Å². The largest absolute Gasteiger partial charge is 0.493 e. The standard InChI is InChI=1S/C18H25NO5/c1-5-7-14-8-9-15(16(10-14)23-4)24-12-17(20)19(11-18(21)22)13(3)6-2/h5,7-10,13H,6,11-12H2,1-4H3,(H,21,22)/b7-5+. The molecule has 0 spiro atoms. The quantitative estimate of drug-likeness (QED) is 0.751. The molecule has 1 unspecified atom stereocenters. The number of carbonyl (C=O) groups is 2. The van der Waals surface area contributed by atoms with Crippen LogP contribution in [0.1, 0.15) is 32.8 Å². The van der Waals surface area contributed by atoms with Crippen molar-refractivity contribution in [3.05, 3.63) is 29.8 Å². The Morgan fingerprint density at radius 1 is 1.33 bits per heavy atom. The number of amides is 1. The molecule has 0 saturated heterocycles. The summed E-state index contributed by atoms with van der Waals surface area (Å²) in [4.78, 5) is 24.6. The Morgan fingerprint density at radius 2 is 2.04 bits per heavy atom. The molecule has 0 bridgehead atoms. The molecule has 0 aliphatic heterocycles. The van der Waals surface area contributed by atoms with Crippen LogP contribution in [-0.4, -0.2) is 48.2 Å². The number of ether oxygens (including phenoxy) is 2. The van der Waals surface area contributed by atoms with Crippen molar-refractivity contribution in [3.63, 3.8) is 0 Å². The normalized spacial score (nSPS) is 12.0. The summed E-state index contributed by atoms with van der Waals surface area (Å²) in [6.45, 7) is 5.05. The Morgan fingerprint density at radius 3 is 2.58 bits per heavy atom. The Labute approximate surface area is 142 Å². The number of hydrogen-bond acceptors (Lipinski definition) is 4. The van der Waals surface area contributed by atoms with Gasteiger partial charge in [0.05, 0.1) is 7.11 Å². The molecule has 132 valence electrons. The predicted molar refractivity (Wildman–Crippen MR) is 92.3 cm³/mol. The van der Waals surface area contributed by atoms with Crippen molar-refractivity contribution < 1.29 is 24.2 Å². The van der Waals surface area contributed by atoms with Gasteiger partial charge in [0.15, 0.2) is 18.1 Å². The van der Waals surface area contributed by atoms with Crippen molar-refractivity contribution in [2.45, 2.75) is 33.2 Å². The van der Waals surface area contributed by atoms with E-state index >= 15 is 0 Å². The molecule has 6 nitrogen and oxygen atoms in total. The molecule has 0 saturated carbocycles. The number of carboxylic acid groups (broad SMARTS) is 1. The van der Waals surface area contributed by atoms with E-state index in [0.29, 0.717) is 17.9 Å². The summed E-state index contributed by atoms with van der Waals surface area (Å²) in [5, 5.41) is 8.96. The smallest absolute Gasteiger partial charge is 0.323 e. The minimum absolute atomic E-state index is 0.170. The molecule has 1 aromatic carbocycles.